The molecule has 1 aromatic heterocycles. The van der Waals surface area contributed by atoms with Gasteiger partial charge in [0.15, 0.2) is 0 Å². The van der Waals surface area contributed by atoms with Crippen molar-refractivity contribution in [1.82, 2.24) is 14.2 Å². The fourth-order valence-corrected chi connectivity index (χ4v) is 3.77. The van der Waals surface area contributed by atoms with Gasteiger partial charge in [-0.3, -0.25) is 4.79 Å². The molecule has 0 aromatic carbocycles. The standard InChI is InChI=1S/C13H21N3O3S/c1-11-12(5-9-15(11)2)13(17)14-6-10-20(18,19)16-7-3-4-8-16/h5,9H,3-4,6-8,10H2,1-2H3,(H,14,17). The Labute approximate surface area is 119 Å². The van der Waals surface area contributed by atoms with Crippen LogP contribution < -0.4 is 5.32 Å². The molecule has 1 N–H and O–H groups in total. The average molecular weight is 299 g/mol. The molecule has 0 unspecified atom stereocenters. The predicted octanol–water partition coefficient (Wildman–Crippen LogP) is 0.489. The first-order chi connectivity index (χ1) is 9.42. The molecule has 20 heavy (non-hydrogen) atoms. The Balaban J connectivity index is 1.86. The highest BCUT2D eigenvalue weighted by molar-refractivity contribution is 7.89. The van der Waals surface area contributed by atoms with E-state index in [1.54, 1.807) is 6.07 Å². The zero-order valence-corrected chi connectivity index (χ0v) is 12.7. The second kappa shape index (κ2) is 5.97. The first kappa shape index (κ1) is 15.1. The molecule has 2 rings (SSSR count). The summed E-state index contributed by atoms with van der Waals surface area (Å²) in [5.41, 5.74) is 1.45. The number of carbonyl (C=O) groups is 1. The van der Waals surface area contributed by atoms with Gasteiger partial charge < -0.3 is 9.88 Å². The quantitative estimate of drug-likeness (QED) is 0.860. The maximum absolute atomic E-state index is 12.0. The van der Waals surface area contributed by atoms with Crippen molar-refractivity contribution in [2.45, 2.75) is 19.8 Å². The van der Waals surface area contributed by atoms with Crippen LogP contribution in [0, 0.1) is 6.92 Å². The van der Waals surface area contributed by atoms with Gasteiger partial charge in [-0.15, -0.1) is 0 Å². The van der Waals surface area contributed by atoms with E-state index < -0.39 is 10.0 Å². The highest BCUT2D eigenvalue weighted by Gasteiger charge is 2.25. The largest absolute Gasteiger partial charge is 0.354 e. The van der Waals surface area contributed by atoms with Crippen molar-refractivity contribution in [3.63, 3.8) is 0 Å². The van der Waals surface area contributed by atoms with Crippen LogP contribution in [0.25, 0.3) is 0 Å². The van der Waals surface area contributed by atoms with Gasteiger partial charge in [0.2, 0.25) is 10.0 Å². The maximum atomic E-state index is 12.0. The second-order valence-electron chi connectivity index (χ2n) is 5.10. The van der Waals surface area contributed by atoms with E-state index in [-0.39, 0.29) is 18.2 Å². The topological polar surface area (TPSA) is 71.4 Å². The number of hydrogen-bond acceptors (Lipinski definition) is 3. The number of aromatic nitrogens is 1. The minimum absolute atomic E-state index is 0.0371. The summed E-state index contributed by atoms with van der Waals surface area (Å²) >= 11 is 0. The molecule has 1 amide bonds. The lowest BCUT2D eigenvalue weighted by atomic mass is 10.2. The Bertz CT molecular complexity index is 586. The fourth-order valence-electron chi connectivity index (χ4n) is 2.33. The Morgan fingerprint density at radius 1 is 1.35 bits per heavy atom. The fraction of sp³-hybridized carbons (Fsp3) is 0.615. The minimum Gasteiger partial charge on any atom is -0.354 e. The van der Waals surface area contributed by atoms with E-state index in [9.17, 15) is 13.2 Å². The van der Waals surface area contributed by atoms with Crippen LogP contribution >= 0.6 is 0 Å². The van der Waals surface area contributed by atoms with Crippen molar-refractivity contribution >= 4 is 15.9 Å². The molecule has 1 aromatic rings. The van der Waals surface area contributed by atoms with Crippen molar-refractivity contribution in [3.05, 3.63) is 23.5 Å². The summed E-state index contributed by atoms with van der Waals surface area (Å²) in [6.45, 7) is 3.21. The Hall–Kier alpha value is -1.34. The van der Waals surface area contributed by atoms with E-state index in [4.69, 9.17) is 0 Å². The van der Waals surface area contributed by atoms with Crippen molar-refractivity contribution in [1.29, 1.82) is 0 Å². The van der Waals surface area contributed by atoms with Gasteiger partial charge in [0, 0.05) is 38.6 Å². The molecule has 6 nitrogen and oxygen atoms in total. The third-order valence-corrected chi connectivity index (χ3v) is 5.60. The van der Waals surface area contributed by atoms with Gasteiger partial charge in [0.05, 0.1) is 11.3 Å². The molecule has 0 saturated carbocycles. The number of nitrogens with one attached hydrogen (secondary N) is 1. The summed E-state index contributed by atoms with van der Waals surface area (Å²) in [6.07, 6.45) is 3.66. The summed E-state index contributed by atoms with van der Waals surface area (Å²) in [5.74, 6) is -0.260. The van der Waals surface area contributed by atoms with Crippen molar-refractivity contribution in [3.8, 4) is 0 Å². The lowest BCUT2D eigenvalue weighted by Crippen LogP contribution is -2.36. The van der Waals surface area contributed by atoms with E-state index in [1.165, 1.54) is 4.31 Å². The van der Waals surface area contributed by atoms with Gasteiger partial charge in [-0.2, -0.15) is 0 Å². The van der Waals surface area contributed by atoms with Crippen molar-refractivity contribution in [2.75, 3.05) is 25.4 Å². The molecular formula is C13H21N3O3S. The molecule has 0 radical (unpaired) electrons. The molecule has 1 saturated heterocycles. The highest BCUT2D eigenvalue weighted by atomic mass is 32.2. The lowest BCUT2D eigenvalue weighted by Gasteiger charge is -2.15. The van der Waals surface area contributed by atoms with E-state index in [1.807, 2.05) is 24.7 Å². The number of nitrogens with zero attached hydrogens (tertiary/aromatic N) is 2. The smallest absolute Gasteiger partial charge is 0.253 e. The molecule has 0 bridgehead atoms. The maximum Gasteiger partial charge on any atom is 0.253 e. The van der Waals surface area contributed by atoms with E-state index >= 15 is 0 Å². The number of rotatable bonds is 5. The number of hydrogen-bond donors (Lipinski definition) is 1. The summed E-state index contributed by atoms with van der Waals surface area (Å²) in [5, 5.41) is 2.67. The van der Waals surface area contributed by atoms with Crippen LogP contribution in [0.5, 0.6) is 0 Å². The first-order valence-corrected chi connectivity index (χ1v) is 8.40. The van der Waals surface area contributed by atoms with E-state index in [0.29, 0.717) is 18.7 Å². The molecular weight excluding hydrogens is 278 g/mol. The molecule has 2 heterocycles. The molecule has 112 valence electrons. The third kappa shape index (κ3) is 3.21. The molecule has 1 aliphatic rings. The minimum atomic E-state index is -3.23. The first-order valence-electron chi connectivity index (χ1n) is 6.80. The number of carbonyl (C=O) groups excluding carboxylic acids is 1. The summed E-state index contributed by atoms with van der Waals surface area (Å²) in [4.78, 5) is 12.0. The van der Waals surface area contributed by atoms with Crippen LogP contribution in [0.1, 0.15) is 28.9 Å². The Kier molecular flexibility index (Phi) is 4.49. The van der Waals surface area contributed by atoms with E-state index in [0.717, 1.165) is 18.5 Å². The predicted molar refractivity (Wildman–Crippen MR) is 77.1 cm³/mol. The highest BCUT2D eigenvalue weighted by Crippen LogP contribution is 2.13. The molecule has 1 fully saturated rings. The Morgan fingerprint density at radius 2 is 2.00 bits per heavy atom. The molecule has 0 atom stereocenters. The van der Waals surface area contributed by atoms with Crippen molar-refractivity contribution < 1.29 is 13.2 Å². The summed E-state index contributed by atoms with van der Waals surface area (Å²) < 4.78 is 27.3. The normalized spacial score (nSPS) is 16.5. The zero-order valence-electron chi connectivity index (χ0n) is 11.9. The van der Waals surface area contributed by atoms with Gasteiger partial charge in [-0.1, -0.05) is 0 Å². The molecule has 1 aliphatic heterocycles. The van der Waals surface area contributed by atoms with E-state index in [2.05, 4.69) is 5.32 Å². The van der Waals surface area contributed by atoms with Gasteiger partial charge in [0.25, 0.3) is 5.91 Å². The summed E-state index contributed by atoms with van der Waals surface area (Å²) in [7, 11) is -1.36. The third-order valence-electron chi connectivity index (χ3n) is 3.73. The van der Waals surface area contributed by atoms with Crippen LogP contribution in [0.3, 0.4) is 0 Å². The van der Waals surface area contributed by atoms with Gasteiger partial charge in [-0.25, -0.2) is 12.7 Å². The SMILES string of the molecule is Cc1c(C(=O)NCCS(=O)(=O)N2CCCC2)ccn1C. The van der Waals surface area contributed by atoms with Gasteiger partial charge in [0.1, 0.15) is 0 Å². The number of sulfonamides is 1. The van der Waals surface area contributed by atoms with Crippen LogP contribution in [-0.2, 0) is 17.1 Å². The number of amides is 1. The summed E-state index contributed by atoms with van der Waals surface area (Å²) in [6, 6.07) is 1.74. The molecule has 0 spiro atoms. The number of aryl methyl sites for hydroxylation is 1. The van der Waals surface area contributed by atoms with Crippen LogP contribution in [0.4, 0.5) is 0 Å². The second-order valence-corrected chi connectivity index (χ2v) is 7.19. The lowest BCUT2D eigenvalue weighted by molar-refractivity contribution is 0.0955. The molecule has 0 aliphatic carbocycles. The zero-order chi connectivity index (χ0) is 14.8. The van der Waals surface area contributed by atoms with Crippen molar-refractivity contribution in [2.24, 2.45) is 7.05 Å². The Morgan fingerprint density at radius 3 is 2.55 bits per heavy atom. The van der Waals surface area contributed by atoms with Gasteiger partial charge >= 0.3 is 0 Å². The van der Waals surface area contributed by atoms with Crippen LogP contribution in [-0.4, -0.2) is 48.6 Å². The van der Waals surface area contributed by atoms with Gasteiger partial charge in [-0.05, 0) is 25.8 Å². The molecule has 7 heteroatoms. The average Bonchev–Trinajstić information content (AvgIpc) is 3.01. The van der Waals surface area contributed by atoms with Crippen LogP contribution in [0.2, 0.25) is 0 Å². The monoisotopic (exact) mass is 299 g/mol. The van der Waals surface area contributed by atoms with Crippen LogP contribution in [0.15, 0.2) is 12.3 Å².